The molecule has 22 heavy (non-hydrogen) atoms. The van der Waals surface area contributed by atoms with E-state index in [1.54, 1.807) is 14.2 Å². The fourth-order valence-electron chi connectivity index (χ4n) is 2.10. The molecule has 0 spiro atoms. The number of unbranched alkanes of at least 4 members (excludes halogenated alkanes) is 1. The van der Waals surface area contributed by atoms with Crippen LogP contribution in [-0.2, 0) is 9.47 Å². The molecule has 2 N–H and O–H groups in total. The summed E-state index contributed by atoms with van der Waals surface area (Å²) in [5, 5.41) is 6.61. The summed E-state index contributed by atoms with van der Waals surface area (Å²) in [4.78, 5) is 4.23. The van der Waals surface area contributed by atoms with E-state index < -0.39 is 0 Å². The first-order valence-electron chi connectivity index (χ1n) is 7.91. The Morgan fingerprint density at radius 1 is 1.18 bits per heavy atom. The number of ether oxygens (including phenoxy) is 2. The minimum atomic E-state index is 0.0118. The Morgan fingerprint density at radius 2 is 1.95 bits per heavy atom. The molecule has 5 nitrogen and oxygen atoms in total. The molecule has 1 atom stereocenters. The van der Waals surface area contributed by atoms with Crippen molar-refractivity contribution in [2.75, 3.05) is 40.5 Å². The van der Waals surface area contributed by atoms with Crippen LogP contribution in [0.5, 0.6) is 0 Å². The van der Waals surface area contributed by atoms with Crippen molar-refractivity contribution >= 4 is 5.96 Å². The minimum absolute atomic E-state index is 0.0118. The summed E-state index contributed by atoms with van der Waals surface area (Å²) < 4.78 is 10.9. The summed E-state index contributed by atoms with van der Waals surface area (Å²) in [5.41, 5.74) is 1.16. The molecule has 1 unspecified atom stereocenters. The lowest BCUT2D eigenvalue weighted by Gasteiger charge is -2.18. The predicted octanol–water partition coefficient (Wildman–Crippen LogP) is 2.36. The summed E-state index contributed by atoms with van der Waals surface area (Å²) in [6, 6.07) is 10.2. The molecule has 0 saturated heterocycles. The van der Waals surface area contributed by atoms with Gasteiger partial charge in [-0.2, -0.15) is 0 Å². The molecule has 0 bridgehead atoms. The molecular weight excluding hydrogens is 278 g/mol. The fourth-order valence-corrected chi connectivity index (χ4v) is 2.10. The maximum atomic E-state index is 5.54. The first-order chi connectivity index (χ1) is 10.8. The highest BCUT2D eigenvalue weighted by molar-refractivity contribution is 5.79. The van der Waals surface area contributed by atoms with E-state index in [0.29, 0.717) is 6.54 Å². The number of hydrogen-bond acceptors (Lipinski definition) is 3. The summed E-state index contributed by atoms with van der Waals surface area (Å²) >= 11 is 0. The Morgan fingerprint density at radius 3 is 2.59 bits per heavy atom. The zero-order valence-corrected chi connectivity index (χ0v) is 14.0. The Balaban J connectivity index is 2.28. The van der Waals surface area contributed by atoms with Crippen molar-refractivity contribution in [3.05, 3.63) is 35.9 Å². The lowest BCUT2D eigenvalue weighted by molar-refractivity contribution is 0.106. The molecular formula is C17H29N3O2. The normalized spacial score (nSPS) is 13.0. The van der Waals surface area contributed by atoms with Crippen molar-refractivity contribution in [1.29, 1.82) is 0 Å². The van der Waals surface area contributed by atoms with E-state index in [4.69, 9.17) is 9.47 Å². The second-order valence-electron chi connectivity index (χ2n) is 4.92. The van der Waals surface area contributed by atoms with Crippen LogP contribution in [0.25, 0.3) is 0 Å². The highest BCUT2D eigenvalue weighted by Crippen LogP contribution is 2.14. The molecule has 0 heterocycles. The van der Waals surface area contributed by atoms with Crippen molar-refractivity contribution < 1.29 is 9.47 Å². The van der Waals surface area contributed by atoms with E-state index in [2.05, 4.69) is 27.8 Å². The number of methoxy groups -OCH3 is 1. The van der Waals surface area contributed by atoms with Crippen molar-refractivity contribution in [3.63, 3.8) is 0 Å². The van der Waals surface area contributed by atoms with E-state index in [1.165, 1.54) is 0 Å². The maximum Gasteiger partial charge on any atom is 0.191 e. The smallest absolute Gasteiger partial charge is 0.191 e. The van der Waals surface area contributed by atoms with Crippen LogP contribution < -0.4 is 10.6 Å². The average Bonchev–Trinajstić information content (AvgIpc) is 2.57. The third kappa shape index (κ3) is 7.43. The van der Waals surface area contributed by atoms with E-state index in [0.717, 1.165) is 44.1 Å². The molecule has 0 aliphatic rings. The van der Waals surface area contributed by atoms with Crippen LogP contribution in [-0.4, -0.2) is 46.4 Å². The lowest BCUT2D eigenvalue weighted by atomic mass is 10.1. The number of nitrogens with one attached hydrogen (secondary N) is 2. The Hall–Kier alpha value is -1.59. The van der Waals surface area contributed by atoms with E-state index in [-0.39, 0.29) is 6.10 Å². The molecule has 1 aromatic rings. The number of hydrogen-bond donors (Lipinski definition) is 2. The molecule has 0 saturated carbocycles. The first-order valence-corrected chi connectivity index (χ1v) is 7.91. The van der Waals surface area contributed by atoms with Gasteiger partial charge in [0.05, 0.1) is 6.10 Å². The highest BCUT2D eigenvalue weighted by Gasteiger charge is 2.10. The molecule has 0 radical (unpaired) electrons. The van der Waals surface area contributed by atoms with Crippen molar-refractivity contribution in [2.45, 2.75) is 25.9 Å². The van der Waals surface area contributed by atoms with E-state index in [9.17, 15) is 0 Å². The van der Waals surface area contributed by atoms with Gasteiger partial charge in [-0.1, -0.05) is 30.3 Å². The number of benzene rings is 1. The molecule has 1 rings (SSSR count). The monoisotopic (exact) mass is 307 g/mol. The van der Waals surface area contributed by atoms with Crippen LogP contribution in [0.4, 0.5) is 0 Å². The van der Waals surface area contributed by atoms with Crippen molar-refractivity contribution in [1.82, 2.24) is 10.6 Å². The average molecular weight is 307 g/mol. The molecule has 0 amide bonds. The summed E-state index contributed by atoms with van der Waals surface area (Å²) in [5.74, 6) is 0.800. The van der Waals surface area contributed by atoms with Gasteiger partial charge in [-0.25, -0.2) is 0 Å². The Kier molecular flexibility index (Phi) is 10.1. The third-order valence-electron chi connectivity index (χ3n) is 3.35. The van der Waals surface area contributed by atoms with Gasteiger partial charge in [0.25, 0.3) is 0 Å². The zero-order valence-electron chi connectivity index (χ0n) is 14.0. The quantitative estimate of drug-likeness (QED) is 0.396. The predicted molar refractivity (Wildman–Crippen MR) is 91.3 cm³/mol. The van der Waals surface area contributed by atoms with Crippen LogP contribution in [0.3, 0.4) is 0 Å². The topological polar surface area (TPSA) is 54.9 Å². The number of guanidine groups is 1. The zero-order chi connectivity index (χ0) is 16.0. The van der Waals surface area contributed by atoms with Gasteiger partial charge in [-0.3, -0.25) is 4.99 Å². The molecule has 0 aliphatic heterocycles. The van der Waals surface area contributed by atoms with Gasteiger partial charge in [-0.15, -0.1) is 0 Å². The summed E-state index contributed by atoms with van der Waals surface area (Å²) in [7, 11) is 3.50. The van der Waals surface area contributed by atoms with Gasteiger partial charge in [0.1, 0.15) is 0 Å². The molecule has 124 valence electrons. The largest absolute Gasteiger partial charge is 0.382 e. The highest BCUT2D eigenvalue weighted by atomic mass is 16.5. The number of aliphatic imine (C=N–C) groups is 1. The van der Waals surface area contributed by atoms with E-state index >= 15 is 0 Å². The van der Waals surface area contributed by atoms with Gasteiger partial charge in [0.2, 0.25) is 0 Å². The molecule has 0 aliphatic carbocycles. The van der Waals surface area contributed by atoms with Crippen LogP contribution in [0.2, 0.25) is 0 Å². The molecule has 0 aromatic heterocycles. The number of nitrogens with zero attached hydrogens (tertiary/aromatic N) is 1. The Bertz CT molecular complexity index is 410. The van der Waals surface area contributed by atoms with Gasteiger partial charge >= 0.3 is 0 Å². The van der Waals surface area contributed by atoms with Crippen LogP contribution >= 0.6 is 0 Å². The van der Waals surface area contributed by atoms with Crippen molar-refractivity contribution in [3.8, 4) is 0 Å². The standard InChI is InChI=1S/C17H29N3O2/c1-4-22-13-9-8-12-19-17(18-2)20-14-16(21-3)15-10-6-5-7-11-15/h5-7,10-11,16H,4,8-9,12-14H2,1-3H3,(H2,18,19,20). The van der Waals surface area contributed by atoms with E-state index in [1.807, 2.05) is 25.1 Å². The first kappa shape index (κ1) is 18.5. The van der Waals surface area contributed by atoms with Gasteiger partial charge in [0, 0.05) is 40.5 Å². The second-order valence-corrected chi connectivity index (χ2v) is 4.92. The summed E-state index contributed by atoms with van der Waals surface area (Å²) in [6.07, 6.45) is 2.13. The van der Waals surface area contributed by atoms with Crippen LogP contribution in [0.1, 0.15) is 31.4 Å². The minimum Gasteiger partial charge on any atom is -0.382 e. The SMILES string of the molecule is CCOCCCCNC(=NC)NCC(OC)c1ccccc1. The summed E-state index contributed by atoms with van der Waals surface area (Å²) in [6.45, 7) is 5.19. The molecule has 1 aromatic carbocycles. The number of rotatable bonds is 10. The van der Waals surface area contributed by atoms with Crippen LogP contribution in [0.15, 0.2) is 35.3 Å². The fraction of sp³-hybridized carbons (Fsp3) is 0.588. The Labute approximate surface area is 134 Å². The van der Waals surface area contributed by atoms with Crippen molar-refractivity contribution in [2.24, 2.45) is 4.99 Å². The van der Waals surface area contributed by atoms with Gasteiger partial charge < -0.3 is 20.1 Å². The third-order valence-corrected chi connectivity index (χ3v) is 3.35. The molecule has 5 heteroatoms. The van der Waals surface area contributed by atoms with Gasteiger partial charge in [0.15, 0.2) is 5.96 Å². The lowest BCUT2D eigenvalue weighted by Crippen LogP contribution is -2.40. The maximum absolute atomic E-state index is 5.54. The second kappa shape index (κ2) is 12.0. The van der Waals surface area contributed by atoms with Gasteiger partial charge in [-0.05, 0) is 25.3 Å². The molecule has 0 fully saturated rings. The van der Waals surface area contributed by atoms with Crippen LogP contribution in [0, 0.1) is 0 Å².